The zero-order valence-corrected chi connectivity index (χ0v) is 12.4. The van der Waals surface area contributed by atoms with Crippen LogP contribution in [0.15, 0.2) is 36.7 Å². The molecule has 20 heavy (non-hydrogen) atoms. The minimum absolute atomic E-state index is 0.342. The third kappa shape index (κ3) is 3.26. The fourth-order valence-corrected chi connectivity index (χ4v) is 2.13. The highest BCUT2D eigenvalue weighted by Crippen LogP contribution is 2.21. The van der Waals surface area contributed by atoms with E-state index in [1.54, 1.807) is 6.33 Å². The van der Waals surface area contributed by atoms with E-state index < -0.39 is 0 Å². The van der Waals surface area contributed by atoms with Gasteiger partial charge in [-0.25, -0.2) is 9.97 Å². The maximum atomic E-state index is 6.04. The number of anilines is 2. The van der Waals surface area contributed by atoms with Gasteiger partial charge in [-0.2, -0.15) is 0 Å². The summed E-state index contributed by atoms with van der Waals surface area (Å²) >= 11 is 0. The lowest BCUT2D eigenvalue weighted by molar-refractivity contribution is 0.670. The SMILES string of the molecule is CCc1cc(N(Cc2ccccc2N)C(C)C)ncn1. The molecule has 1 aromatic heterocycles. The molecule has 2 aromatic rings. The van der Waals surface area contributed by atoms with Crippen LogP contribution in [-0.2, 0) is 13.0 Å². The van der Waals surface area contributed by atoms with Crippen LogP contribution in [0, 0.1) is 0 Å². The maximum absolute atomic E-state index is 6.04. The van der Waals surface area contributed by atoms with Gasteiger partial charge in [0.1, 0.15) is 12.1 Å². The van der Waals surface area contributed by atoms with Crippen LogP contribution in [0.4, 0.5) is 11.5 Å². The second-order valence-corrected chi connectivity index (χ2v) is 5.14. The summed E-state index contributed by atoms with van der Waals surface area (Å²) in [5.41, 5.74) is 9.05. The maximum Gasteiger partial charge on any atom is 0.132 e. The van der Waals surface area contributed by atoms with E-state index in [2.05, 4.69) is 47.8 Å². The van der Waals surface area contributed by atoms with Crippen molar-refractivity contribution in [1.82, 2.24) is 9.97 Å². The third-order valence-electron chi connectivity index (χ3n) is 3.38. The smallest absolute Gasteiger partial charge is 0.132 e. The Morgan fingerprint density at radius 2 is 1.95 bits per heavy atom. The predicted molar refractivity (Wildman–Crippen MR) is 83.6 cm³/mol. The van der Waals surface area contributed by atoms with Crippen molar-refractivity contribution in [2.45, 2.75) is 39.8 Å². The summed E-state index contributed by atoms with van der Waals surface area (Å²) in [6.45, 7) is 7.17. The highest BCUT2D eigenvalue weighted by atomic mass is 15.2. The number of nitrogen functional groups attached to an aromatic ring is 1. The van der Waals surface area contributed by atoms with Gasteiger partial charge in [-0.1, -0.05) is 25.1 Å². The molecule has 2 N–H and O–H groups in total. The van der Waals surface area contributed by atoms with Gasteiger partial charge in [0.25, 0.3) is 0 Å². The Morgan fingerprint density at radius 3 is 2.60 bits per heavy atom. The Morgan fingerprint density at radius 1 is 1.20 bits per heavy atom. The summed E-state index contributed by atoms with van der Waals surface area (Å²) in [6.07, 6.45) is 2.55. The molecule has 1 aromatic carbocycles. The second kappa shape index (κ2) is 6.37. The number of nitrogens with zero attached hydrogens (tertiary/aromatic N) is 3. The van der Waals surface area contributed by atoms with Crippen LogP contribution < -0.4 is 10.6 Å². The molecule has 0 unspecified atom stereocenters. The van der Waals surface area contributed by atoms with Gasteiger partial charge in [0.15, 0.2) is 0 Å². The molecule has 2 rings (SSSR count). The van der Waals surface area contributed by atoms with E-state index in [1.807, 2.05) is 18.2 Å². The Balaban J connectivity index is 2.29. The minimum atomic E-state index is 0.342. The first kappa shape index (κ1) is 14.3. The monoisotopic (exact) mass is 270 g/mol. The number of benzene rings is 1. The Hall–Kier alpha value is -2.10. The summed E-state index contributed by atoms with van der Waals surface area (Å²) in [6, 6.07) is 10.4. The third-order valence-corrected chi connectivity index (χ3v) is 3.38. The summed E-state index contributed by atoms with van der Waals surface area (Å²) in [5.74, 6) is 0.954. The highest BCUT2D eigenvalue weighted by molar-refractivity contribution is 5.50. The van der Waals surface area contributed by atoms with Crippen molar-refractivity contribution >= 4 is 11.5 Å². The summed E-state index contributed by atoms with van der Waals surface area (Å²) in [7, 11) is 0. The number of hydrogen-bond donors (Lipinski definition) is 1. The number of aromatic nitrogens is 2. The fourth-order valence-electron chi connectivity index (χ4n) is 2.13. The van der Waals surface area contributed by atoms with Gasteiger partial charge in [0.05, 0.1) is 0 Å². The van der Waals surface area contributed by atoms with Gasteiger partial charge >= 0.3 is 0 Å². The van der Waals surface area contributed by atoms with Crippen molar-refractivity contribution in [2.24, 2.45) is 0 Å². The molecule has 0 aliphatic carbocycles. The molecule has 1 heterocycles. The molecule has 4 nitrogen and oxygen atoms in total. The van der Waals surface area contributed by atoms with Crippen LogP contribution >= 0.6 is 0 Å². The highest BCUT2D eigenvalue weighted by Gasteiger charge is 2.14. The van der Waals surface area contributed by atoms with Gasteiger partial charge in [-0.05, 0) is 31.9 Å². The average molecular weight is 270 g/mol. The summed E-state index contributed by atoms with van der Waals surface area (Å²) in [4.78, 5) is 10.9. The van der Waals surface area contributed by atoms with Crippen molar-refractivity contribution in [3.8, 4) is 0 Å². The van der Waals surface area contributed by atoms with Crippen LogP contribution in [0.3, 0.4) is 0 Å². The lowest BCUT2D eigenvalue weighted by Crippen LogP contribution is -2.31. The molecule has 0 bridgehead atoms. The zero-order valence-electron chi connectivity index (χ0n) is 12.4. The van der Waals surface area contributed by atoms with Gasteiger partial charge in [-0.3, -0.25) is 0 Å². The number of aryl methyl sites for hydroxylation is 1. The van der Waals surface area contributed by atoms with E-state index >= 15 is 0 Å². The Kier molecular flexibility index (Phi) is 4.56. The fraction of sp³-hybridized carbons (Fsp3) is 0.375. The van der Waals surface area contributed by atoms with E-state index in [0.717, 1.165) is 35.7 Å². The topological polar surface area (TPSA) is 55.0 Å². The molecule has 106 valence electrons. The standard InChI is InChI=1S/C16H22N4/c1-4-14-9-16(19-11-18-14)20(12(2)3)10-13-7-5-6-8-15(13)17/h5-9,11-12H,4,10,17H2,1-3H3. The number of nitrogens with two attached hydrogens (primary N) is 1. The lowest BCUT2D eigenvalue weighted by Gasteiger charge is -2.28. The Bertz CT molecular complexity index is 566. The predicted octanol–water partition coefficient (Wildman–Crippen LogP) is 3.04. The van der Waals surface area contributed by atoms with Gasteiger partial charge < -0.3 is 10.6 Å². The van der Waals surface area contributed by atoms with E-state index in [9.17, 15) is 0 Å². The lowest BCUT2D eigenvalue weighted by atomic mass is 10.1. The first-order valence-electron chi connectivity index (χ1n) is 7.02. The van der Waals surface area contributed by atoms with Crippen molar-refractivity contribution in [1.29, 1.82) is 0 Å². The number of para-hydroxylation sites is 1. The van der Waals surface area contributed by atoms with Gasteiger partial charge in [0.2, 0.25) is 0 Å². The van der Waals surface area contributed by atoms with Crippen molar-refractivity contribution in [3.63, 3.8) is 0 Å². The van der Waals surface area contributed by atoms with E-state index in [0.29, 0.717) is 6.04 Å². The molecule has 0 fully saturated rings. The van der Waals surface area contributed by atoms with Gasteiger partial charge in [0, 0.05) is 30.0 Å². The first-order valence-corrected chi connectivity index (χ1v) is 7.02. The molecule has 0 saturated heterocycles. The summed E-state index contributed by atoms with van der Waals surface area (Å²) in [5, 5.41) is 0. The van der Waals surface area contributed by atoms with E-state index in [-0.39, 0.29) is 0 Å². The largest absolute Gasteiger partial charge is 0.398 e. The molecular formula is C16H22N4. The molecule has 4 heteroatoms. The molecule has 0 atom stereocenters. The first-order chi connectivity index (χ1) is 9.61. The van der Waals surface area contributed by atoms with Crippen LogP contribution in [-0.4, -0.2) is 16.0 Å². The van der Waals surface area contributed by atoms with Crippen LogP contribution in [0.5, 0.6) is 0 Å². The molecule has 0 aliphatic rings. The number of rotatable bonds is 5. The summed E-state index contributed by atoms with van der Waals surface area (Å²) < 4.78 is 0. The minimum Gasteiger partial charge on any atom is -0.398 e. The van der Waals surface area contributed by atoms with Crippen molar-refractivity contribution in [3.05, 3.63) is 47.9 Å². The van der Waals surface area contributed by atoms with Gasteiger partial charge in [-0.15, -0.1) is 0 Å². The molecule has 0 amide bonds. The molecule has 0 spiro atoms. The molecule has 0 radical (unpaired) electrons. The van der Waals surface area contributed by atoms with Crippen LogP contribution in [0.2, 0.25) is 0 Å². The van der Waals surface area contributed by atoms with Crippen molar-refractivity contribution in [2.75, 3.05) is 10.6 Å². The van der Waals surface area contributed by atoms with Crippen molar-refractivity contribution < 1.29 is 0 Å². The van der Waals surface area contributed by atoms with Crippen LogP contribution in [0.25, 0.3) is 0 Å². The molecule has 0 saturated carbocycles. The van der Waals surface area contributed by atoms with E-state index in [4.69, 9.17) is 5.73 Å². The Labute approximate surface area is 120 Å². The second-order valence-electron chi connectivity index (χ2n) is 5.14. The number of hydrogen-bond acceptors (Lipinski definition) is 4. The average Bonchev–Trinajstić information content (AvgIpc) is 2.46. The van der Waals surface area contributed by atoms with E-state index in [1.165, 1.54) is 0 Å². The van der Waals surface area contributed by atoms with Crippen LogP contribution in [0.1, 0.15) is 32.0 Å². The zero-order chi connectivity index (χ0) is 14.5. The molecule has 0 aliphatic heterocycles. The quantitative estimate of drug-likeness (QED) is 0.848. The molecular weight excluding hydrogens is 248 g/mol. The normalized spacial score (nSPS) is 10.8.